The number of morpholine rings is 2. The van der Waals surface area contributed by atoms with E-state index >= 15 is 8.78 Å². The van der Waals surface area contributed by atoms with E-state index in [2.05, 4.69) is 25.9 Å². The van der Waals surface area contributed by atoms with Crippen LogP contribution in [0.4, 0.5) is 25.2 Å². The zero-order valence-corrected chi connectivity index (χ0v) is 43.3. The number of nitrogens with one attached hydrogen (secondary N) is 3. The van der Waals surface area contributed by atoms with Crippen molar-refractivity contribution in [2.75, 3.05) is 88.6 Å². The Bertz CT molecular complexity index is 3670. The standard InChI is InChI=1S/C29H32FN5O5S.C24H24FN5O3S/c1-29(2,3)40-28(38)34-10-6-7-17(34)16-31-26(37)22-23(36)18-15-19(30)25(33-11-13-39-14-12-33)32-24(18)35-20-8-4-5-9-21(20)41-27(22)35;25-16-12-15-20(31)19(23(32)27-13-14-4-3-7-26-14)24-30(17-5-1-2-6-18(17)34-24)21(15)28-22(16)29-8-10-33-11-9-29/h4-5,8-9,15,17H,6-7,10-14,16H2,1-3H3,(H,31,37);1-2,5-6,12,14,26H,3-4,7-11,13H2,(H,27,32). The van der Waals surface area contributed by atoms with E-state index in [1.54, 1.807) is 9.30 Å². The van der Waals surface area contributed by atoms with Gasteiger partial charge in [0, 0.05) is 51.9 Å². The predicted octanol–water partition coefficient (Wildman–Crippen LogP) is 6.69. The van der Waals surface area contributed by atoms with Gasteiger partial charge in [0.1, 0.15) is 26.4 Å². The number of halogens is 2. The second-order valence-electron chi connectivity index (χ2n) is 20.0. The summed E-state index contributed by atoms with van der Waals surface area (Å²) in [5.41, 5.74) is 0.496. The molecule has 4 aliphatic heterocycles. The molecule has 3 N–H and O–H groups in total. The molecule has 0 radical (unpaired) electrons. The first-order valence-electron chi connectivity index (χ1n) is 25.3. The molecule has 4 saturated heterocycles. The molecule has 0 saturated carbocycles. The van der Waals surface area contributed by atoms with E-state index in [9.17, 15) is 24.0 Å². The number of ether oxygens (including phenoxy) is 3. The SMILES string of the molecule is CC(C)(C)OC(=O)N1CCCC1CNC(=O)c1c(=O)c2cc(F)c(N3CCOCC3)nc2n2c1sc1ccccc12.O=C(NCC1CCCN1)c1c(=O)c2cc(F)c(N3CCOCC3)nc2n2c1sc1ccccc12. The quantitative estimate of drug-likeness (QED) is 0.146. The molecule has 0 bridgehead atoms. The highest BCUT2D eigenvalue weighted by atomic mass is 32.1. The van der Waals surface area contributed by atoms with Crippen LogP contribution in [0.25, 0.3) is 52.2 Å². The van der Waals surface area contributed by atoms with E-state index in [1.807, 2.05) is 83.5 Å². The normalized spacial score (nSPS) is 18.4. The fourth-order valence-electron chi connectivity index (χ4n) is 10.3. The monoisotopic (exact) mass is 1060 g/mol. The van der Waals surface area contributed by atoms with Crippen molar-refractivity contribution in [3.05, 3.63) is 104 Å². The first kappa shape index (κ1) is 50.3. The lowest BCUT2D eigenvalue weighted by atomic mass is 10.1. The van der Waals surface area contributed by atoms with Gasteiger partial charge in [-0.1, -0.05) is 24.3 Å². The third-order valence-electron chi connectivity index (χ3n) is 14.0. The minimum absolute atomic E-state index is 0.0296. The Morgan fingerprint density at radius 2 is 1.20 bits per heavy atom. The molecule has 392 valence electrons. The van der Waals surface area contributed by atoms with Gasteiger partial charge in [-0.2, -0.15) is 0 Å². The summed E-state index contributed by atoms with van der Waals surface area (Å²) in [5, 5.41) is 9.26. The van der Waals surface area contributed by atoms with Crippen LogP contribution in [0.15, 0.2) is 70.3 Å². The third kappa shape index (κ3) is 9.73. The predicted molar refractivity (Wildman–Crippen MR) is 286 cm³/mol. The first-order chi connectivity index (χ1) is 36.2. The Hall–Kier alpha value is -6.85. The van der Waals surface area contributed by atoms with Crippen LogP contribution in [0.3, 0.4) is 0 Å². The Morgan fingerprint density at radius 1 is 0.707 bits per heavy atom. The zero-order valence-electron chi connectivity index (χ0n) is 41.7. The number of benzene rings is 2. The highest BCUT2D eigenvalue weighted by Crippen LogP contribution is 2.34. The first-order valence-corrected chi connectivity index (χ1v) is 26.9. The zero-order chi connectivity index (χ0) is 52.1. The Labute approximate surface area is 436 Å². The van der Waals surface area contributed by atoms with Crippen LogP contribution < -0.4 is 36.6 Å². The second kappa shape index (κ2) is 20.7. The number of hydrogen-bond donors (Lipinski definition) is 3. The second-order valence-corrected chi connectivity index (χ2v) is 22.1. The van der Waals surface area contributed by atoms with Crippen molar-refractivity contribution in [1.82, 2.24) is 39.6 Å². The number of nitrogens with zero attached hydrogens (tertiary/aromatic N) is 7. The summed E-state index contributed by atoms with van der Waals surface area (Å²) in [7, 11) is 0. The van der Waals surface area contributed by atoms with E-state index in [0.717, 1.165) is 46.2 Å². The molecule has 3 amide bonds. The van der Waals surface area contributed by atoms with Gasteiger partial charge in [-0.15, -0.1) is 22.7 Å². The van der Waals surface area contributed by atoms with Gasteiger partial charge in [-0.3, -0.25) is 28.0 Å². The van der Waals surface area contributed by atoms with Crippen LogP contribution in [0.2, 0.25) is 0 Å². The fourth-order valence-corrected chi connectivity index (χ4v) is 12.7. The van der Waals surface area contributed by atoms with Crippen LogP contribution in [-0.2, 0) is 14.2 Å². The number of pyridine rings is 4. The lowest BCUT2D eigenvalue weighted by Crippen LogP contribution is -2.45. The number of hydrogen-bond acceptors (Lipinski definition) is 15. The average Bonchev–Trinajstić information content (AvgIpc) is 4.31. The molecule has 10 heterocycles. The molecule has 12 rings (SSSR count). The minimum Gasteiger partial charge on any atom is -0.444 e. The highest BCUT2D eigenvalue weighted by Gasteiger charge is 2.34. The number of rotatable bonds is 8. The largest absolute Gasteiger partial charge is 0.444 e. The van der Waals surface area contributed by atoms with Gasteiger partial charge in [0.15, 0.2) is 34.6 Å². The number of anilines is 2. The molecule has 2 aromatic carbocycles. The molecule has 18 nitrogen and oxygen atoms in total. The molecule has 6 aromatic heterocycles. The number of carbonyl (C=O) groups is 3. The van der Waals surface area contributed by atoms with Gasteiger partial charge in [-0.25, -0.2) is 23.5 Å². The van der Waals surface area contributed by atoms with E-state index in [0.29, 0.717) is 93.1 Å². The van der Waals surface area contributed by atoms with Crippen LogP contribution in [0, 0.1) is 11.6 Å². The van der Waals surface area contributed by atoms with Crippen LogP contribution in [-0.4, -0.2) is 138 Å². The minimum atomic E-state index is -0.634. The van der Waals surface area contributed by atoms with E-state index in [1.165, 1.54) is 34.8 Å². The summed E-state index contributed by atoms with van der Waals surface area (Å²) in [5.74, 6) is -1.86. The molecule has 0 spiro atoms. The number of amides is 3. The smallest absolute Gasteiger partial charge is 0.410 e. The van der Waals surface area contributed by atoms with Gasteiger partial charge in [-0.05, 0) is 89.4 Å². The van der Waals surface area contributed by atoms with E-state index in [-0.39, 0.29) is 52.2 Å². The molecule has 0 aliphatic carbocycles. The highest BCUT2D eigenvalue weighted by molar-refractivity contribution is 7.24. The van der Waals surface area contributed by atoms with Gasteiger partial charge in [0.2, 0.25) is 10.9 Å². The van der Waals surface area contributed by atoms with Crippen molar-refractivity contribution < 1.29 is 37.4 Å². The van der Waals surface area contributed by atoms with Crippen molar-refractivity contribution in [1.29, 1.82) is 0 Å². The van der Waals surface area contributed by atoms with Gasteiger partial charge in [0.25, 0.3) is 11.8 Å². The van der Waals surface area contributed by atoms with Crippen molar-refractivity contribution in [3.63, 3.8) is 0 Å². The van der Waals surface area contributed by atoms with Crippen molar-refractivity contribution in [3.8, 4) is 0 Å². The fraction of sp³-hybridized carbons (Fsp3) is 0.415. The Kier molecular flexibility index (Phi) is 13.9. The maximum Gasteiger partial charge on any atom is 0.410 e. The molecule has 2 atom stereocenters. The lowest BCUT2D eigenvalue weighted by molar-refractivity contribution is 0.0225. The third-order valence-corrected chi connectivity index (χ3v) is 16.2. The summed E-state index contributed by atoms with van der Waals surface area (Å²) in [4.78, 5) is 82.6. The number of thiazole rings is 2. The molecule has 4 aliphatic rings. The van der Waals surface area contributed by atoms with Gasteiger partial charge >= 0.3 is 6.09 Å². The molecular formula is C53H56F2N10O8S2. The van der Waals surface area contributed by atoms with Crippen molar-refractivity contribution in [2.24, 2.45) is 0 Å². The lowest BCUT2D eigenvalue weighted by Gasteiger charge is -2.28. The Balaban J connectivity index is 0.000000163. The van der Waals surface area contributed by atoms with Crippen molar-refractivity contribution >= 4 is 104 Å². The van der Waals surface area contributed by atoms with Crippen LogP contribution >= 0.6 is 22.7 Å². The number of carbonyl (C=O) groups excluding carboxylic acids is 3. The topological polar surface area (TPSA) is 193 Å². The molecule has 75 heavy (non-hydrogen) atoms. The van der Waals surface area contributed by atoms with E-state index in [4.69, 9.17) is 14.2 Å². The maximum absolute atomic E-state index is 15.4. The number of likely N-dealkylation sites (tertiary alicyclic amines) is 1. The summed E-state index contributed by atoms with van der Waals surface area (Å²) >= 11 is 2.68. The number of fused-ring (bicyclic) bond motifs is 10. The van der Waals surface area contributed by atoms with E-state index < -0.39 is 46.0 Å². The summed E-state index contributed by atoms with van der Waals surface area (Å²) in [6, 6.07) is 17.6. The maximum atomic E-state index is 15.4. The summed E-state index contributed by atoms with van der Waals surface area (Å²) in [6.07, 6.45) is 3.11. The Morgan fingerprint density at radius 3 is 1.68 bits per heavy atom. The van der Waals surface area contributed by atoms with Crippen LogP contribution in [0.5, 0.6) is 0 Å². The number of para-hydroxylation sites is 2. The average molecular weight is 1060 g/mol. The van der Waals surface area contributed by atoms with Gasteiger partial charge < -0.3 is 44.9 Å². The summed E-state index contributed by atoms with van der Waals surface area (Å²) in [6.45, 7) is 11.4. The van der Waals surface area contributed by atoms with Crippen molar-refractivity contribution in [2.45, 2.75) is 64.1 Å². The molecular weight excluding hydrogens is 1010 g/mol. The number of aromatic nitrogens is 4. The molecule has 8 aromatic rings. The molecule has 2 unspecified atom stereocenters. The van der Waals surface area contributed by atoms with Crippen LogP contribution in [0.1, 0.15) is 67.2 Å². The molecule has 22 heteroatoms. The van der Waals surface area contributed by atoms with Gasteiger partial charge in [0.05, 0.1) is 63.7 Å². The molecule has 4 fully saturated rings. The summed E-state index contributed by atoms with van der Waals surface area (Å²) < 4.78 is 52.3.